The molecule has 108 valence electrons. The molecule has 20 heavy (non-hydrogen) atoms. The van der Waals surface area contributed by atoms with Crippen LogP contribution in [0.15, 0.2) is 18.2 Å². The molecular formula is C16H21FN2O. The summed E-state index contributed by atoms with van der Waals surface area (Å²) in [6.45, 7) is 4.94. The van der Waals surface area contributed by atoms with Gasteiger partial charge in [0, 0.05) is 12.1 Å². The van der Waals surface area contributed by atoms with Gasteiger partial charge in [-0.3, -0.25) is 4.79 Å². The van der Waals surface area contributed by atoms with Crippen molar-refractivity contribution in [3.8, 4) is 11.8 Å². The number of hydrogen-bond donors (Lipinski definition) is 2. The summed E-state index contributed by atoms with van der Waals surface area (Å²) < 4.78 is 13.7. The Labute approximate surface area is 119 Å². The molecule has 0 aliphatic heterocycles. The lowest BCUT2D eigenvalue weighted by Gasteiger charge is -2.13. The quantitative estimate of drug-likeness (QED) is 0.811. The van der Waals surface area contributed by atoms with Crippen LogP contribution in [0.3, 0.4) is 0 Å². The molecule has 1 amide bonds. The van der Waals surface area contributed by atoms with Crippen LogP contribution < -0.4 is 11.1 Å². The SMILES string of the molecule is CCC(CC)CNC(=O)c1cc(C#CCN)ccc1F. The molecule has 0 aliphatic rings. The maximum atomic E-state index is 13.7. The van der Waals surface area contributed by atoms with Crippen LogP contribution in [-0.2, 0) is 0 Å². The lowest BCUT2D eigenvalue weighted by Crippen LogP contribution is -2.29. The highest BCUT2D eigenvalue weighted by molar-refractivity contribution is 5.94. The summed E-state index contributed by atoms with van der Waals surface area (Å²) in [5.41, 5.74) is 5.90. The predicted molar refractivity (Wildman–Crippen MR) is 78.7 cm³/mol. The van der Waals surface area contributed by atoms with Gasteiger partial charge in [-0.1, -0.05) is 38.5 Å². The van der Waals surface area contributed by atoms with Gasteiger partial charge in [-0.15, -0.1) is 0 Å². The summed E-state index contributed by atoms with van der Waals surface area (Å²) in [5, 5.41) is 2.77. The number of nitrogens with one attached hydrogen (secondary N) is 1. The fourth-order valence-electron chi connectivity index (χ4n) is 1.84. The fraction of sp³-hybridized carbons (Fsp3) is 0.438. The molecule has 0 spiro atoms. The molecule has 0 atom stereocenters. The summed E-state index contributed by atoms with van der Waals surface area (Å²) in [7, 11) is 0. The van der Waals surface area contributed by atoms with Crippen molar-refractivity contribution in [2.75, 3.05) is 13.1 Å². The molecule has 0 saturated heterocycles. The van der Waals surface area contributed by atoms with Crippen molar-refractivity contribution >= 4 is 5.91 Å². The molecule has 4 heteroatoms. The summed E-state index contributed by atoms with van der Waals surface area (Å²) in [4.78, 5) is 12.0. The van der Waals surface area contributed by atoms with Gasteiger partial charge in [0.05, 0.1) is 12.1 Å². The normalized spacial score (nSPS) is 10.1. The Morgan fingerprint density at radius 3 is 2.70 bits per heavy atom. The van der Waals surface area contributed by atoms with Crippen molar-refractivity contribution in [3.05, 3.63) is 35.1 Å². The van der Waals surface area contributed by atoms with E-state index in [1.54, 1.807) is 0 Å². The zero-order valence-corrected chi connectivity index (χ0v) is 12.0. The average Bonchev–Trinajstić information content (AvgIpc) is 2.47. The van der Waals surface area contributed by atoms with Crippen molar-refractivity contribution in [1.29, 1.82) is 0 Å². The molecule has 3 N–H and O–H groups in total. The van der Waals surface area contributed by atoms with Gasteiger partial charge >= 0.3 is 0 Å². The number of halogens is 1. The first-order valence-electron chi connectivity index (χ1n) is 6.89. The van der Waals surface area contributed by atoms with E-state index in [0.717, 1.165) is 12.8 Å². The first kappa shape index (κ1) is 16.2. The van der Waals surface area contributed by atoms with E-state index in [2.05, 4.69) is 31.0 Å². The van der Waals surface area contributed by atoms with E-state index in [0.29, 0.717) is 18.0 Å². The molecule has 0 unspecified atom stereocenters. The molecule has 0 bridgehead atoms. The molecule has 1 aromatic rings. The lowest BCUT2D eigenvalue weighted by molar-refractivity contribution is 0.0942. The van der Waals surface area contributed by atoms with Crippen LogP contribution >= 0.6 is 0 Å². The van der Waals surface area contributed by atoms with Crippen LogP contribution in [0, 0.1) is 23.6 Å². The Bertz CT molecular complexity index is 513. The Kier molecular flexibility index (Phi) is 6.75. The summed E-state index contributed by atoms with van der Waals surface area (Å²) in [6, 6.07) is 4.25. The third kappa shape index (κ3) is 4.67. The van der Waals surface area contributed by atoms with E-state index in [1.165, 1.54) is 18.2 Å². The van der Waals surface area contributed by atoms with Crippen molar-refractivity contribution in [2.45, 2.75) is 26.7 Å². The predicted octanol–water partition coefficient (Wildman–Crippen LogP) is 2.30. The van der Waals surface area contributed by atoms with E-state index < -0.39 is 11.7 Å². The van der Waals surface area contributed by atoms with Crippen LogP contribution in [0.4, 0.5) is 4.39 Å². The van der Waals surface area contributed by atoms with E-state index >= 15 is 0 Å². The van der Waals surface area contributed by atoms with Gasteiger partial charge in [0.2, 0.25) is 0 Å². The van der Waals surface area contributed by atoms with Crippen LogP contribution in [0.5, 0.6) is 0 Å². The van der Waals surface area contributed by atoms with Crippen molar-refractivity contribution in [3.63, 3.8) is 0 Å². The number of benzene rings is 1. The minimum atomic E-state index is -0.537. The Balaban J connectivity index is 2.81. The Hall–Kier alpha value is -1.86. The van der Waals surface area contributed by atoms with Gasteiger partial charge < -0.3 is 11.1 Å². The molecule has 0 saturated carbocycles. The summed E-state index contributed by atoms with van der Waals surface area (Å²) in [6.07, 6.45) is 1.97. The molecule has 1 aromatic carbocycles. The van der Waals surface area contributed by atoms with Crippen molar-refractivity contribution < 1.29 is 9.18 Å². The number of hydrogen-bond acceptors (Lipinski definition) is 2. The first-order valence-corrected chi connectivity index (χ1v) is 6.89. The van der Waals surface area contributed by atoms with E-state index in [-0.39, 0.29) is 12.1 Å². The second kappa shape index (κ2) is 8.34. The number of carbonyl (C=O) groups is 1. The molecule has 0 aromatic heterocycles. The molecule has 0 aliphatic carbocycles. The number of carbonyl (C=O) groups excluding carboxylic acids is 1. The van der Waals surface area contributed by atoms with Gasteiger partial charge in [0.25, 0.3) is 5.91 Å². The second-order valence-corrected chi connectivity index (χ2v) is 4.59. The van der Waals surface area contributed by atoms with Gasteiger partial charge in [-0.05, 0) is 24.1 Å². The monoisotopic (exact) mass is 276 g/mol. The molecule has 0 radical (unpaired) electrons. The number of amides is 1. The highest BCUT2D eigenvalue weighted by Crippen LogP contribution is 2.11. The van der Waals surface area contributed by atoms with E-state index in [1.807, 2.05) is 0 Å². The van der Waals surface area contributed by atoms with Crippen LogP contribution in [0.25, 0.3) is 0 Å². The maximum Gasteiger partial charge on any atom is 0.254 e. The standard InChI is InChI=1S/C16H21FN2O/c1-3-12(4-2)11-19-16(20)14-10-13(6-5-9-18)7-8-15(14)17/h7-8,10,12H,3-4,9,11,18H2,1-2H3,(H,19,20). The molecule has 0 heterocycles. The first-order chi connectivity index (χ1) is 9.62. The molecule has 0 fully saturated rings. The second-order valence-electron chi connectivity index (χ2n) is 4.59. The summed E-state index contributed by atoms with van der Waals surface area (Å²) >= 11 is 0. The smallest absolute Gasteiger partial charge is 0.254 e. The Morgan fingerprint density at radius 1 is 1.40 bits per heavy atom. The fourth-order valence-corrected chi connectivity index (χ4v) is 1.84. The van der Waals surface area contributed by atoms with Crippen LogP contribution in [0.2, 0.25) is 0 Å². The third-order valence-corrected chi connectivity index (χ3v) is 3.25. The average molecular weight is 276 g/mol. The van der Waals surface area contributed by atoms with Gasteiger partial charge in [0.15, 0.2) is 0 Å². The van der Waals surface area contributed by atoms with Gasteiger partial charge in [-0.2, -0.15) is 0 Å². The highest BCUT2D eigenvalue weighted by atomic mass is 19.1. The Morgan fingerprint density at radius 2 is 2.10 bits per heavy atom. The van der Waals surface area contributed by atoms with Crippen molar-refractivity contribution in [2.24, 2.45) is 11.7 Å². The molecule has 1 rings (SSSR count). The van der Waals surface area contributed by atoms with E-state index in [9.17, 15) is 9.18 Å². The topological polar surface area (TPSA) is 55.1 Å². The number of nitrogens with two attached hydrogens (primary N) is 1. The maximum absolute atomic E-state index is 13.7. The largest absolute Gasteiger partial charge is 0.352 e. The van der Waals surface area contributed by atoms with Crippen LogP contribution in [-0.4, -0.2) is 19.0 Å². The van der Waals surface area contributed by atoms with Gasteiger partial charge in [0.1, 0.15) is 5.82 Å². The van der Waals surface area contributed by atoms with Crippen molar-refractivity contribution in [1.82, 2.24) is 5.32 Å². The minimum Gasteiger partial charge on any atom is -0.352 e. The third-order valence-electron chi connectivity index (χ3n) is 3.25. The minimum absolute atomic E-state index is 0.0276. The van der Waals surface area contributed by atoms with Gasteiger partial charge in [-0.25, -0.2) is 4.39 Å². The lowest BCUT2D eigenvalue weighted by atomic mass is 10.0. The molecular weight excluding hydrogens is 255 g/mol. The van der Waals surface area contributed by atoms with Crippen LogP contribution in [0.1, 0.15) is 42.6 Å². The zero-order chi connectivity index (χ0) is 15.0. The summed E-state index contributed by atoms with van der Waals surface area (Å²) in [5.74, 6) is 4.96. The zero-order valence-electron chi connectivity index (χ0n) is 12.0. The highest BCUT2D eigenvalue weighted by Gasteiger charge is 2.13. The molecule has 3 nitrogen and oxygen atoms in total. The number of rotatable bonds is 5. The van der Waals surface area contributed by atoms with E-state index in [4.69, 9.17) is 5.73 Å².